The van der Waals surface area contributed by atoms with Crippen LogP contribution in [0.4, 0.5) is 0 Å². The van der Waals surface area contributed by atoms with Crippen LogP contribution >= 0.6 is 0 Å². The predicted octanol–water partition coefficient (Wildman–Crippen LogP) is 4.06. The van der Waals surface area contributed by atoms with Crippen LogP contribution in [0.2, 0.25) is 0 Å². The van der Waals surface area contributed by atoms with Crippen LogP contribution in [0.1, 0.15) is 44.6 Å². The van der Waals surface area contributed by atoms with Crippen molar-refractivity contribution in [1.82, 2.24) is 10.3 Å². The smallest absolute Gasteiger partial charge is 0.119 e. The highest BCUT2D eigenvalue weighted by Gasteiger charge is 2.48. The number of hydrogen-bond donors (Lipinski definition) is 2. The van der Waals surface area contributed by atoms with Crippen LogP contribution in [-0.4, -0.2) is 24.2 Å². The van der Waals surface area contributed by atoms with E-state index in [1.54, 1.807) is 7.11 Å². The van der Waals surface area contributed by atoms with Gasteiger partial charge in [0, 0.05) is 35.1 Å². The third-order valence-electron chi connectivity index (χ3n) is 5.72. The Bertz CT molecular complexity index is 675. The minimum Gasteiger partial charge on any atom is -0.497 e. The number of ether oxygens (including phenoxy) is 1. The first-order valence-corrected chi connectivity index (χ1v) is 8.58. The molecule has 22 heavy (non-hydrogen) atoms. The number of rotatable bonds is 4. The van der Waals surface area contributed by atoms with E-state index in [1.807, 2.05) is 6.07 Å². The van der Waals surface area contributed by atoms with Crippen LogP contribution in [-0.2, 0) is 0 Å². The fourth-order valence-electron chi connectivity index (χ4n) is 4.89. The Morgan fingerprint density at radius 2 is 2.05 bits per heavy atom. The number of methoxy groups -OCH3 is 1. The highest BCUT2D eigenvalue weighted by Crippen LogP contribution is 2.54. The van der Waals surface area contributed by atoms with E-state index in [2.05, 4.69) is 42.5 Å². The van der Waals surface area contributed by atoms with Crippen LogP contribution in [0.15, 0.2) is 24.4 Å². The van der Waals surface area contributed by atoms with Gasteiger partial charge in [0.2, 0.25) is 0 Å². The molecular formula is C19H26N2O. The third-order valence-corrected chi connectivity index (χ3v) is 5.72. The summed E-state index contributed by atoms with van der Waals surface area (Å²) >= 11 is 0. The Balaban J connectivity index is 1.76. The lowest BCUT2D eigenvalue weighted by Crippen LogP contribution is -2.42. The lowest BCUT2D eigenvalue weighted by molar-refractivity contribution is 0.295. The summed E-state index contributed by atoms with van der Waals surface area (Å²) in [6.07, 6.45) is 6.43. The summed E-state index contributed by atoms with van der Waals surface area (Å²) in [4.78, 5) is 3.47. The average molecular weight is 298 g/mol. The van der Waals surface area contributed by atoms with Crippen molar-refractivity contribution in [3.8, 4) is 5.75 Å². The van der Waals surface area contributed by atoms with Gasteiger partial charge in [0.1, 0.15) is 5.75 Å². The molecule has 2 aliphatic carbocycles. The molecule has 0 aliphatic heterocycles. The second kappa shape index (κ2) is 5.31. The molecule has 0 unspecified atom stereocenters. The third kappa shape index (κ3) is 2.14. The van der Waals surface area contributed by atoms with E-state index in [0.717, 1.165) is 17.6 Å². The molecule has 2 saturated carbocycles. The number of aromatic nitrogens is 1. The Kier molecular flexibility index (Phi) is 3.41. The summed E-state index contributed by atoms with van der Waals surface area (Å²) in [6, 6.07) is 7.54. The molecule has 2 fully saturated rings. The molecule has 118 valence electrons. The maximum Gasteiger partial charge on any atom is 0.119 e. The minimum absolute atomic E-state index is 0.548. The van der Waals surface area contributed by atoms with Crippen molar-refractivity contribution in [2.75, 3.05) is 7.11 Å². The maximum atomic E-state index is 5.43. The first-order valence-electron chi connectivity index (χ1n) is 8.58. The van der Waals surface area contributed by atoms with E-state index >= 15 is 0 Å². The van der Waals surface area contributed by atoms with E-state index in [4.69, 9.17) is 4.74 Å². The Labute approximate surface area is 132 Å². The molecule has 4 rings (SSSR count). The van der Waals surface area contributed by atoms with Gasteiger partial charge in [-0.05, 0) is 54.9 Å². The molecule has 2 aromatic rings. The monoisotopic (exact) mass is 298 g/mol. The van der Waals surface area contributed by atoms with Crippen molar-refractivity contribution in [3.05, 3.63) is 30.0 Å². The molecule has 0 amide bonds. The molecule has 3 heteroatoms. The largest absolute Gasteiger partial charge is 0.497 e. The lowest BCUT2D eigenvalue weighted by Gasteiger charge is -2.33. The summed E-state index contributed by atoms with van der Waals surface area (Å²) in [7, 11) is 1.74. The van der Waals surface area contributed by atoms with Gasteiger partial charge in [-0.25, -0.2) is 0 Å². The zero-order valence-electron chi connectivity index (χ0n) is 13.7. The molecular weight excluding hydrogens is 272 g/mol. The normalized spacial score (nSPS) is 30.5. The van der Waals surface area contributed by atoms with Crippen molar-refractivity contribution >= 4 is 10.9 Å². The van der Waals surface area contributed by atoms with Gasteiger partial charge >= 0.3 is 0 Å². The molecule has 4 atom stereocenters. The molecule has 2 N–H and O–H groups in total. The van der Waals surface area contributed by atoms with Crippen LogP contribution in [0.25, 0.3) is 10.9 Å². The van der Waals surface area contributed by atoms with Gasteiger partial charge in [-0.2, -0.15) is 0 Å². The van der Waals surface area contributed by atoms with E-state index < -0.39 is 0 Å². The molecule has 0 spiro atoms. The fraction of sp³-hybridized carbons (Fsp3) is 0.579. The number of nitrogens with one attached hydrogen (secondary N) is 2. The highest BCUT2D eigenvalue weighted by atomic mass is 16.5. The molecule has 2 aliphatic rings. The molecule has 1 heterocycles. The fourth-order valence-corrected chi connectivity index (χ4v) is 4.89. The molecule has 3 nitrogen and oxygen atoms in total. The van der Waals surface area contributed by atoms with Crippen molar-refractivity contribution < 1.29 is 4.74 Å². The molecule has 2 bridgehead atoms. The first-order chi connectivity index (χ1) is 10.7. The summed E-state index contributed by atoms with van der Waals surface area (Å²) in [5, 5.41) is 5.20. The van der Waals surface area contributed by atoms with Crippen LogP contribution < -0.4 is 10.1 Å². The molecule has 1 aromatic carbocycles. The standard InChI is InChI=1S/C19H26N2O/c1-11(2)21-19-13-5-4-12(8-13)18(19)16-10-20-17-7-6-14(22-3)9-15(16)17/h6-7,9-13,18-21H,4-5,8H2,1-3H3/t12-,13+,18-,19+/m1/s1. The minimum atomic E-state index is 0.548. The average Bonchev–Trinajstić information content (AvgIpc) is 3.19. The van der Waals surface area contributed by atoms with Crippen molar-refractivity contribution in [2.24, 2.45) is 11.8 Å². The lowest BCUT2D eigenvalue weighted by atomic mass is 9.79. The van der Waals surface area contributed by atoms with Gasteiger partial charge in [0.05, 0.1) is 7.11 Å². The summed E-state index contributed by atoms with van der Waals surface area (Å²) < 4.78 is 5.43. The zero-order chi connectivity index (χ0) is 15.3. The van der Waals surface area contributed by atoms with E-state index in [9.17, 15) is 0 Å². The van der Waals surface area contributed by atoms with E-state index in [1.165, 1.54) is 35.7 Å². The summed E-state index contributed by atoms with van der Waals surface area (Å²) in [6.45, 7) is 4.53. The number of fused-ring (bicyclic) bond motifs is 3. The van der Waals surface area contributed by atoms with E-state index in [-0.39, 0.29) is 0 Å². The first kappa shape index (κ1) is 14.1. The summed E-state index contributed by atoms with van der Waals surface area (Å²) in [5.74, 6) is 3.28. The van der Waals surface area contributed by atoms with Crippen LogP contribution in [0.3, 0.4) is 0 Å². The van der Waals surface area contributed by atoms with Gasteiger partial charge < -0.3 is 15.0 Å². The predicted molar refractivity (Wildman–Crippen MR) is 90.5 cm³/mol. The van der Waals surface area contributed by atoms with Gasteiger partial charge in [0.25, 0.3) is 0 Å². The van der Waals surface area contributed by atoms with Crippen molar-refractivity contribution in [3.63, 3.8) is 0 Å². The van der Waals surface area contributed by atoms with Gasteiger partial charge in [0.15, 0.2) is 0 Å². The SMILES string of the molecule is COc1ccc2[nH]cc([C@H]3[C@@H]4CC[C@@H](C4)[C@@H]3NC(C)C)c2c1. The van der Waals surface area contributed by atoms with Crippen molar-refractivity contribution in [1.29, 1.82) is 0 Å². The number of benzene rings is 1. The van der Waals surface area contributed by atoms with Gasteiger partial charge in [-0.15, -0.1) is 0 Å². The molecule has 0 saturated heterocycles. The maximum absolute atomic E-state index is 5.43. The topological polar surface area (TPSA) is 37.0 Å². The van der Waals surface area contributed by atoms with Gasteiger partial charge in [-0.3, -0.25) is 0 Å². The Morgan fingerprint density at radius 1 is 1.23 bits per heavy atom. The van der Waals surface area contributed by atoms with Crippen molar-refractivity contribution in [2.45, 2.75) is 51.1 Å². The molecule has 0 radical (unpaired) electrons. The molecule has 1 aromatic heterocycles. The number of hydrogen-bond acceptors (Lipinski definition) is 2. The Hall–Kier alpha value is -1.48. The summed E-state index contributed by atoms with van der Waals surface area (Å²) in [5.41, 5.74) is 2.71. The second-order valence-electron chi connectivity index (χ2n) is 7.36. The second-order valence-corrected chi connectivity index (χ2v) is 7.36. The Morgan fingerprint density at radius 3 is 2.82 bits per heavy atom. The number of aromatic amines is 1. The zero-order valence-corrected chi connectivity index (χ0v) is 13.7. The van der Waals surface area contributed by atoms with Crippen LogP contribution in [0.5, 0.6) is 5.75 Å². The number of H-pyrrole nitrogens is 1. The highest BCUT2D eigenvalue weighted by molar-refractivity contribution is 5.85. The quantitative estimate of drug-likeness (QED) is 0.893. The van der Waals surface area contributed by atoms with Crippen LogP contribution in [0, 0.1) is 11.8 Å². The van der Waals surface area contributed by atoms with Gasteiger partial charge in [-0.1, -0.05) is 13.8 Å². The van der Waals surface area contributed by atoms with E-state index in [0.29, 0.717) is 18.0 Å².